The van der Waals surface area contributed by atoms with Gasteiger partial charge in [-0.05, 0) is 33.6 Å². The molecule has 1 rings (SSSR count). The lowest BCUT2D eigenvalue weighted by molar-refractivity contribution is 0.0131. The summed E-state index contributed by atoms with van der Waals surface area (Å²) in [6, 6.07) is 1.29. The van der Waals surface area contributed by atoms with Gasteiger partial charge in [0.05, 0.1) is 18.7 Å². The van der Waals surface area contributed by atoms with Crippen molar-refractivity contribution in [3.05, 3.63) is 0 Å². The fraction of sp³-hybridized carbons (Fsp3) is 0.818. The Labute approximate surface area is 95.6 Å². The Hall–Kier alpha value is -1.28. The van der Waals surface area contributed by atoms with Crippen LogP contribution in [0.4, 0.5) is 4.79 Å². The van der Waals surface area contributed by atoms with E-state index < -0.39 is 17.7 Å². The number of ether oxygens (including phenoxy) is 1. The normalized spacial score (nSPS) is 25.3. The highest BCUT2D eigenvalue weighted by atomic mass is 16.6. The van der Waals surface area contributed by atoms with Crippen molar-refractivity contribution in [3.63, 3.8) is 0 Å². The van der Waals surface area contributed by atoms with Crippen molar-refractivity contribution in [3.8, 4) is 6.07 Å². The molecule has 0 aliphatic carbocycles. The summed E-state index contributed by atoms with van der Waals surface area (Å²) in [6.45, 7) is 5.19. The minimum absolute atomic E-state index is 0.128. The van der Waals surface area contributed by atoms with E-state index >= 15 is 0 Å². The first-order valence-electron chi connectivity index (χ1n) is 5.41. The Morgan fingerprint density at radius 3 is 2.62 bits per heavy atom. The van der Waals surface area contributed by atoms with Gasteiger partial charge in [-0.15, -0.1) is 0 Å². The highest BCUT2D eigenvalue weighted by Gasteiger charge is 2.38. The number of nitriles is 1. The largest absolute Gasteiger partial charge is 0.444 e. The minimum atomic E-state index is -0.584. The lowest BCUT2D eigenvalue weighted by atomic mass is 10.2. The van der Waals surface area contributed by atoms with E-state index in [2.05, 4.69) is 6.07 Å². The van der Waals surface area contributed by atoms with Crippen LogP contribution in [0.5, 0.6) is 0 Å². The number of rotatable bonds is 1. The van der Waals surface area contributed by atoms with Crippen LogP contribution in [0.2, 0.25) is 0 Å². The Morgan fingerprint density at radius 2 is 2.19 bits per heavy atom. The predicted molar refractivity (Wildman–Crippen MR) is 57.6 cm³/mol. The monoisotopic (exact) mass is 226 g/mol. The third-order valence-electron chi connectivity index (χ3n) is 2.47. The second kappa shape index (κ2) is 4.71. The van der Waals surface area contributed by atoms with Crippen molar-refractivity contribution in [1.82, 2.24) is 4.90 Å². The van der Waals surface area contributed by atoms with E-state index in [1.807, 2.05) is 0 Å². The molecule has 2 unspecified atom stereocenters. The first-order chi connectivity index (χ1) is 7.39. The Bertz CT molecular complexity index is 303. The lowest BCUT2D eigenvalue weighted by Gasteiger charge is -2.29. The van der Waals surface area contributed by atoms with Gasteiger partial charge in [0, 0.05) is 0 Å². The molecule has 0 spiro atoms. The van der Waals surface area contributed by atoms with E-state index in [1.165, 1.54) is 4.90 Å². The number of hydrogen-bond acceptors (Lipinski definition) is 4. The standard InChI is InChI=1S/C11H18N2O3/c1-11(2,3)16-10(15)13-8(6-12)4-5-9(13)7-14/h8-9,14H,4-5,7H2,1-3H3. The second-order valence-corrected chi connectivity index (χ2v) is 4.95. The van der Waals surface area contributed by atoms with Crippen LogP contribution in [0.1, 0.15) is 33.6 Å². The number of hydrogen-bond donors (Lipinski definition) is 1. The number of carbonyl (C=O) groups is 1. The quantitative estimate of drug-likeness (QED) is 0.730. The molecule has 1 fully saturated rings. The van der Waals surface area contributed by atoms with Crippen LogP contribution in [0.25, 0.3) is 0 Å². The summed E-state index contributed by atoms with van der Waals surface area (Å²) in [4.78, 5) is 13.2. The average molecular weight is 226 g/mol. The van der Waals surface area contributed by atoms with Gasteiger partial charge in [0.15, 0.2) is 0 Å². The van der Waals surface area contributed by atoms with Gasteiger partial charge in [0.1, 0.15) is 11.6 Å². The van der Waals surface area contributed by atoms with Gasteiger partial charge in [0.25, 0.3) is 0 Å². The fourth-order valence-electron chi connectivity index (χ4n) is 1.78. The summed E-state index contributed by atoms with van der Waals surface area (Å²) in [5.41, 5.74) is -0.584. The summed E-state index contributed by atoms with van der Waals surface area (Å²) in [7, 11) is 0. The lowest BCUT2D eigenvalue weighted by Crippen LogP contribution is -2.45. The molecule has 2 atom stereocenters. The second-order valence-electron chi connectivity index (χ2n) is 4.95. The number of aliphatic hydroxyl groups excluding tert-OH is 1. The molecule has 16 heavy (non-hydrogen) atoms. The molecule has 1 amide bonds. The van der Waals surface area contributed by atoms with E-state index in [0.717, 1.165) is 0 Å². The van der Waals surface area contributed by atoms with Gasteiger partial charge in [0.2, 0.25) is 0 Å². The van der Waals surface area contributed by atoms with Crippen LogP contribution in [-0.2, 0) is 4.74 Å². The Morgan fingerprint density at radius 1 is 1.56 bits per heavy atom. The predicted octanol–water partition coefficient (Wildman–Crippen LogP) is 1.27. The molecule has 0 saturated carbocycles. The van der Waals surface area contributed by atoms with E-state index in [1.54, 1.807) is 20.8 Å². The number of likely N-dealkylation sites (tertiary alicyclic amines) is 1. The zero-order chi connectivity index (χ0) is 12.3. The van der Waals surface area contributed by atoms with Gasteiger partial charge >= 0.3 is 6.09 Å². The molecule has 90 valence electrons. The van der Waals surface area contributed by atoms with Gasteiger partial charge in [-0.25, -0.2) is 4.79 Å². The van der Waals surface area contributed by atoms with Crippen molar-refractivity contribution in [2.45, 2.75) is 51.3 Å². The maximum Gasteiger partial charge on any atom is 0.411 e. The molecule has 1 N–H and O–H groups in total. The molecule has 5 nitrogen and oxygen atoms in total. The van der Waals surface area contributed by atoms with Gasteiger partial charge in [-0.2, -0.15) is 5.26 Å². The van der Waals surface area contributed by atoms with Crippen molar-refractivity contribution in [1.29, 1.82) is 5.26 Å². The molecule has 0 aromatic rings. The minimum Gasteiger partial charge on any atom is -0.444 e. The summed E-state index contributed by atoms with van der Waals surface area (Å²) < 4.78 is 5.21. The van der Waals surface area contributed by atoms with Gasteiger partial charge < -0.3 is 9.84 Å². The maximum atomic E-state index is 11.8. The third kappa shape index (κ3) is 2.86. The van der Waals surface area contributed by atoms with Crippen LogP contribution in [0.15, 0.2) is 0 Å². The zero-order valence-electron chi connectivity index (χ0n) is 9.93. The van der Waals surface area contributed by atoms with Crippen LogP contribution in [-0.4, -0.2) is 40.4 Å². The van der Waals surface area contributed by atoms with E-state index in [-0.39, 0.29) is 12.6 Å². The van der Waals surface area contributed by atoms with Crippen LogP contribution >= 0.6 is 0 Å². The number of aliphatic hydroxyl groups is 1. The molecule has 0 bridgehead atoms. The van der Waals surface area contributed by atoms with E-state index in [9.17, 15) is 4.79 Å². The summed E-state index contributed by atoms with van der Waals surface area (Å²) in [6.07, 6.45) is 0.727. The number of nitrogens with zero attached hydrogens (tertiary/aromatic N) is 2. The van der Waals surface area contributed by atoms with Crippen LogP contribution < -0.4 is 0 Å². The van der Waals surface area contributed by atoms with Crippen molar-refractivity contribution < 1.29 is 14.6 Å². The molecule has 5 heteroatoms. The SMILES string of the molecule is CC(C)(C)OC(=O)N1C(C#N)CCC1CO. The molecular weight excluding hydrogens is 208 g/mol. The summed E-state index contributed by atoms with van der Waals surface area (Å²) in [5, 5.41) is 18.1. The Balaban J connectivity index is 2.75. The third-order valence-corrected chi connectivity index (χ3v) is 2.47. The number of amides is 1. The zero-order valence-corrected chi connectivity index (χ0v) is 9.93. The Kier molecular flexibility index (Phi) is 3.76. The topological polar surface area (TPSA) is 73.6 Å². The molecule has 1 saturated heterocycles. The first kappa shape index (κ1) is 12.8. The maximum absolute atomic E-state index is 11.8. The fourth-order valence-corrected chi connectivity index (χ4v) is 1.78. The van der Waals surface area contributed by atoms with E-state index in [4.69, 9.17) is 15.1 Å². The molecular formula is C11H18N2O3. The summed E-state index contributed by atoms with van der Waals surface area (Å²) >= 11 is 0. The van der Waals surface area contributed by atoms with Crippen LogP contribution in [0.3, 0.4) is 0 Å². The smallest absolute Gasteiger partial charge is 0.411 e. The molecule has 1 aliphatic rings. The molecule has 0 aromatic heterocycles. The van der Waals surface area contributed by atoms with Crippen molar-refractivity contribution in [2.24, 2.45) is 0 Å². The molecule has 0 aromatic carbocycles. The highest BCUT2D eigenvalue weighted by molar-refractivity contribution is 5.70. The summed E-state index contributed by atoms with van der Waals surface area (Å²) in [5.74, 6) is 0. The van der Waals surface area contributed by atoms with Crippen molar-refractivity contribution >= 4 is 6.09 Å². The first-order valence-corrected chi connectivity index (χ1v) is 5.41. The van der Waals surface area contributed by atoms with Gasteiger partial charge in [-0.1, -0.05) is 0 Å². The van der Waals surface area contributed by atoms with Crippen molar-refractivity contribution in [2.75, 3.05) is 6.61 Å². The van der Waals surface area contributed by atoms with Crippen LogP contribution in [0, 0.1) is 11.3 Å². The highest BCUT2D eigenvalue weighted by Crippen LogP contribution is 2.25. The van der Waals surface area contributed by atoms with E-state index in [0.29, 0.717) is 12.8 Å². The van der Waals surface area contributed by atoms with Gasteiger partial charge in [-0.3, -0.25) is 4.90 Å². The average Bonchev–Trinajstić information content (AvgIpc) is 2.57. The number of carbonyl (C=O) groups excluding carboxylic acids is 1. The molecule has 1 aliphatic heterocycles. The molecule has 0 radical (unpaired) electrons. The molecule has 1 heterocycles.